The van der Waals surface area contributed by atoms with E-state index >= 15 is 0 Å². The van der Waals surface area contributed by atoms with Crippen LogP contribution in [0.4, 0.5) is 0 Å². The van der Waals surface area contributed by atoms with Crippen molar-refractivity contribution in [2.45, 2.75) is 51.6 Å². The van der Waals surface area contributed by atoms with Gasteiger partial charge >= 0.3 is 0 Å². The summed E-state index contributed by atoms with van der Waals surface area (Å²) in [7, 11) is 3.87. The second-order valence-corrected chi connectivity index (χ2v) is 6.74. The third kappa shape index (κ3) is 2.48. The van der Waals surface area contributed by atoms with E-state index in [4.69, 9.17) is 4.74 Å². The van der Waals surface area contributed by atoms with Gasteiger partial charge in [0.1, 0.15) is 5.75 Å². The molecular weight excluding hydrogens is 262 g/mol. The lowest BCUT2D eigenvalue weighted by molar-refractivity contribution is 0.0763. The zero-order valence-electron chi connectivity index (χ0n) is 13.5. The normalized spacial score (nSPS) is 28.7. The maximum atomic E-state index is 13.0. The van der Waals surface area contributed by atoms with E-state index in [1.807, 2.05) is 19.9 Å². The van der Waals surface area contributed by atoms with Gasteiger partial charge in [0.15, 0.2) is 5.78 Å². The summed E-state index contributed by atoms with van der Waals surface area (Å²) in [6.07, 6.45) is 4.49. The molecule has 0 amide bonds. The molecule has 0 spiro atoms. The number of carbonyl (C=O) groups excluding carboxylic acids is 1. The Kier molecular flexibility index (Phi) is 3.78. The van der Waals surface area contributed by atoms with Gasteiger partial charge in [-0.05, 0) is 63.8 Å². The minimum absolute atomic E-state index is 0.161. The highest BCUT2D eigenvalue weighted by molar-refractivity contribution is 6.01. The molecule has 114 valence electrons. The number of piperidine rings is 1. The van der Waals surface area contributed by atoms with E-state index in [0.717, 1.165) is 35.3 Å². The molecule has 2 unspecified atom stereocenters. The first-order valence-corrected chi connectivity index (χ1v) is 7.92. The number of methoxy groups -OCH3 is 1. The molecular formula is C18H25NO2. The summed E-state index contributed by atoms with van der Waals surface area (Å²) in [4.78, 5) is 15.5. The zero-order chi connectivity index (χ0) is 15.1. The van der Waals surface area contributed by atoms with Crippen LogP contribution in [-0.4, -0.2) is 36.9 Å². The molecule has 0 N–H and O–H groups in total. The molecule has 2 saturated heterocycles. The van der Waals surface area contributed by atoms with Gasteiger partial charge < -0.3 is 9.64 Å². The number of hydrogen-bond acceptors (Lipinski definition) is 3. The molecule has 2 heterocycles. The van der Waals surface area contributed by atoms with Crippen LogP contribution in [0.15, 0.2) is 12.1 Å². The van der Waals surface area contributed by atoms with Crippen LogP contribution in [0.5, 0.6) is 5.75 Å². The van der Waals surface area contributed by atoms with Gasteiger partial charge in [0.05, 0.1) is 12.7 Å². The molecule has 3 rings (SSSR count). The lowest BCUT2D eigenvalue weighted by Gasteiger charge is -2.36. The highest BCUT2D eigenvalue weighted by atomic mass is 16.5. The smallest absolute Gasteiger partial charge is 0.170 e. The van der Waals surface area contributed by atoms with E-state index in [1.165, 1.54) is 12.8 Å². The van der Waals surface area contributed by atoms with Gasteiger partial charge in [-0.1, -0.05) is 6.07 Å². The van der Waals surface area contributed by atoms with Gasteiger partial charge in [-0.3, -0.25) is 4.79 Å². The molecule has 2 aliphatic heterocycles. The molecule has 0 aliphatic carbocycles. The molecule has 0 saturated carbocycles. The largest absolute Gasteiger partial charge is 0.496 e. The van der Waals surface area contributed by atoms with Crippen molar-refractivity contribution in [2.75, 3.05) is 14.2 Å². The molecule has 2 fully saturated rings. The second-order valence-electron chi connectivity index (χ2n) is 6.74. The van der Waals surface area contributed by atoms with Crippen LogP contribution in [0.2, 0.25) is 0 Å². The average molecular weight is 287 g/mol. The van der Waals surface area contributed by atoms with Gasteiger partial charge in [-0.2, -0.15) is 0 Å². The fourth-order valence-corrected chi connectivity index (χ4v) is 4.24. The van der Waals surface area contributed by atoms with Crippen LogP contribution in [0.1, 0.15) is 47.2 Å². The van der Waals surface area contributed by atoms with Crippen molar-refractivity contribution in [3.63, 3.8) is 0 Å². The van der Waals surface area contributed by atoms with Gasteiger partial charge in [-0.15, -0.1) is 0 Å². The number of benzene rings is 1. The van der Waals surface area contributed by atoms with E-state index in [2.05, 4.69) is 18.0 Å². The number of ether oxygens (including phenoxy) is 1. The van der Waals surface area contributed by atoms with Crippen LogP contribution in [0, 0.1) is 19.8 Å². The van der Waals surface area contributed by atoms with Crippen molar-refractivity contribution in [2.24, 2.45) is 5.92 Å². The van der Waals surface area contributed by atoms with Crippen LogP contribution < -0.4 is 4.74 Å². The first-order chi connectivity index (χ1) is 10.0. The average Bonchev–Trinajstić information content (AvgIpc) is 2.66. The molecule has 1 aromatic rings. The zero-order valence-corrected chi connectivity index (χ0v) is 13.5. The summed E-state index contributed by atoms with van der Waals surface area (Å²) < 4.78 is 5.48. The molecule has 3 nitrogen and oxygen atoms in total. The highest BCUT2D eigenvalue weighted by Crippen LogP contribution is 2.40. The van der Waals surface area contributed by atoms with Gasteiger partial charge in [0, 0.05) is 18.0 Å². The number of carbonyl (C=O) groups is 1. The predicted octanol–water partition coefficient (Wildman–Crippen LogP) is 3.37. The second kappa shape index (κ2) is 5.45. The Morgan fingerprint density at radius 2 is 1.81 bits per heavy atom. The number of hydrogen-bond donors (Lipinski definition) is 0. The summed E-state index contributed by atoms with van der Waals surface area (Å²) in [5.74, 6) is 1.19. The minimum Gasteiger partial charge on any atom is -0.496 e. The Hall–Kier alpha value is -1.35. The van der Waals surface area contributed by atoms with Crippen molar-refractivity contribution < 1.29 is 9.53 Å². The van der Waals surface area contributed by atoms with Crippen LogP contribution in [0.3, 0.4) is 0 Å². The van der Waals surface area contributed by atoms with Gasteiger partial charge in [0.25, 0.3) is 0 Å². The Labute approximate surface area is 127 Å². The summed E-state index contributed by atoms with van der Waals surface area (Å²) >= 11 is 0. The molecule has 2 aliphatic rings. The van der Waals surface area contributed by atoms with E-state index in [9.17, 15) is 4.79 Å². The molecule has 1 aromatic carbocycles. The Balaban J connectivity index is 1.90. The molecule has 0 aromatic heterocycles. The number of ketones is 1. The fraction of sp³-hybridized carbons (Fsp3) is 0.611. The van der Waals surface area contributed by atoms with E-state index < -0.39 is 0 Å². The van der Waals surface area contributed by atoms with Crippen LogP contribution in [-0.2, 0) is 0 Å². The fourth-order valence-electron chi connectivity index (χ4n) is 4.24. The molecule has 2 bridgehead atoms. The Morgan fingerprint density at radius 3 is 2.38 bits per heavy atom. The van der Waals surface area contributed by atoms with Gasteiger partial charge in [-0.25, -0.2) is 0 Å². The lowest BCUT2D eigenvalue weighted by atomic mass is 9.83. The number of rotatable bonds is 3. The van der Waals surface area contributed by atoms with Crippen molar-refractivity contribution in [1.82, 2.24) is 4.90 Å². The highest BCUT2D eigenvalue weighted by Gasteiger charge is 2.41. The van der Waals surface area contributed by atoms with Crippen LogP contribution in [0.25, 0.3) is 0 Å². The molecule has 0 radical (unpaired) electrons. The Bertz CT molecular complexity index is 553. The maximum absolute atomic E-state index is 13.0. The molecule has 2 atom stereocenters. The van der Waals surface area contributed by atoms with E-state index in [-0.39, 0.29) is 11.7 Å². The monoisotopic (exact) mass is 287 g/mol. The minimum atomic E-state index is 0.161. The predicted molar refractivity (Wildman–Crippen MR) is 84.1 cm³/mol. The van der Waals surface area contributed by atoms with Crippen molar-refractivity contribution in [3.05, 3.63) is 28.8 Å². The Morgan fingerprint density at radius 1 is 1.19 bits per heavy atom. The van der Waals surface area contributed by atoms with Crippen molar-refractivity contribution in [1.29, 1.82) is 0 Å². The summed E-state index contributed by atoms with van der Waals surface area (Å²) in [5, 5.41) is 0. The third-order valence-electron chi connectivity index (χ3n) is 5.38. The topological polar surface area (TPSA) is 29.5 Å². The van der Waals surface area contributed by atoms with Crippen molar-refractivity contribution in [3.8, 4) is 5.75 Å². The van der Waals surface area contributed by atoms with Crippen LogP contribution >= 0.6 is 0 Å². The molecule has 21 heavy (non-hydrogen) atoms. The SMILES string of the molecule is COc1cc(C)cc(C)c1C(=O)C1CC2CCC(C1)N2C. The number of fused-ring (bicyclic) bond motifs is 2. The van der Waals surface area contributed by atoms with E-state index in [1.54, 1.807) is 7.11 Å². The van der Waals surface area contributed by atoms with E-state index in [0.29, 0.717) is 12.1 Å². The summed E-state index contributed by atoms with van der Waals surface area (Å²) in [6.45, 7) is 4.06. The van der Waals surface area contributed by atoms with Gasteiger partial charge in [0.2, 0.25) is 0 Å². The quantitative estimate of drug-likeness (QED) is 0.798. The number of Topliss-reactive ketones (excluding diaryl/α,β-unsaturated/α-hetero) is 1. The summed E-state index contributed by atoms with van der Waals surface area (Å²) in [5.41, 5.74) is 2.99. The van der Waals surface area contributed by atoms with Crippen molar-refractivity contribution >= 4 is 5.78 Å². The standard InChI is InChI=1S/C18H25NO2/c1-11-7-12(2)17(16(8-11)21-4)18(20)13-9-14-5-6-15(10-13)19(14)3/h7-8,13-15H,5-6,9-10H2,1-4H3. The maximum Gasteiger partial charge on any atom is 0.170 e. The first kappa shape index (κ1) is 14.6. The lowest BCUT2D eigenvalue weighted by Crippen LogP contribution is -2.42. The third-order valence-corrected chi connectivity index (χ3v) is 5.38. The number of nitrogens with zero attached hydrogens (tertiary/aromatic N) is 1. The molecule has 3 heteroatoms. The summed E-state index contributed by atoms with van der Waals surface area (Å²) in [6, 6.07) is 5.24. The first-order valence-electron chi connectivity index (χ1n) is 7.92. The number of aryl methyl sites for hydroxylation is 2.